The minimum atomic E-state index is 0.505. The molecule has 2 N–H and O–H groups in total. The van der Waals surface area contributed by atoms with Crippen molar-refractivity contribution in [2.45, 2.75) is 30.0 Å². The van der Waals surface area contributed by atoms with Crippen LogP contribution in [0.1, 0.15) is 12.5 Å². The van der Waals surface area contributed by atoms with Gasteiger partial charge in [0.25, 0.3) is 0 Å². The Morgan fingerprint density at radius 1 is 1.47 bits per heavy atom. The normalized spacial score (nSPS) is 25.2. The van der Waals surface area contributed by atoms with Gasteiger partial charge in [-0.25, -0.2) is 0 Å². The van der Waals surface area contributed by atoms with Crippen LogP contribution in [0.5, 0.6) is 0 Å². The monoisotopic (exact) mass is 222 g/mol. The SMILES string of the molecule is Cc1ccc2c(c1)N(C)C(C)C(CN)S2. The number of rotatable bonds is 1. The van der Waals surface area contributed by atoms with Crippen molar-refractivity contribution in [2.24, 2.45) is 5.73 Å². The summed E-state index contributed by atoms with van der Waals surface area (Å²) in [6.07, 6.45) is 0. The zero-order valence-electron chi connectivity index (χ0n) is 9.53. The molecule has 1 aliphatic heterocycles. The minimum Gasteiger partial charge on any atom is -0.370 e. The Morgan fingerprint density at radius 2 is 2.20 bits per heavy atom. The van der Waals surface area contributed by atoms with Gasteiger partial charge in [0, 0.05) is 29.8 Å². The van der Waals surface area contributed by atoms with Crippen LogP contribution in [0.25, 0.3) is 0 Å². The minimum absolute atomic E-state index is 0.505. The van der Waals surface area contributed by atoms with Crippen molar-refractivity contribution in [2.75, 3.05) is 18.5 Å². The molecule has 1 heterocycles. The summed E-state index contributed by atoms with van der Waals surface area (Å²) in [7, 11) is 2.16. The molecule has 2 rings (SSSR count). The van der Waals surface area contributed by atoms with E-state index in [4.69, 9.17) is 5.73 Å². The van der Waals surface area contributed by atoms with Gasteiger partial charge in [-0.2, -0.15) is 0 Å². The third-order valence-electron chi connectivity index (χ3n) is 3.15. The van der Waals surface area contributed by atoms with E-state index in [1.54, 1.807) is 0 Å². The van der Waals surface area contributed by atoms with E-state index in [0.29, 0.717) is 11.3 Å². The molecule has 0 bridgehead atoms. The van der Waals surface area contributed by atoms with Crippen molar-refractivity contribution in [3.63, 3.8) is 0 Å². The molecule has 2 unspecified atom stereocenters. The second-order valence-electron chi connectivity index (χ2n) is 4.21. The van der Waals surface area contributed by atoms with Crippen LogP contribution in [-0.4, -0.2) is 24.9 Å². The van der Waals surface area contributed by atoms with Crippen molar-refractivity contribution in [3.8, 4) is 0 Å². The van der Waals surface area contributed by atoms with E-state index in [0.717, 1.165) is 6.54 Å². The highest BCUT2D eigenvalue weighted by atomic mass is 32.2. The maximum atomic E-state index is 5.80. The molecule has 82 valence electrons. The van der Waals surface area contributed by atoms with Crippen LogP contribution in [0, 0.1) is 6.92 Å². The first-order valence-corrected chi connectivity index (χ1v) is 6.21. The van der Waals surface area contributed by atoms with Gasteiger partial charge in [-0.05, 0) is 31.5 Å². The van der Waals surface area contributed by atoms with Gasteiger partial charge in [0.05, 0.1) is 5.69 Å². The third kappa shape index (κ3) is 1.86. The molecule has 15 heavy (non-hydrogen) atoms. The number of benzene rings is 1. The molecule has 0 saturated heterocycles. The summed E-state index contributed by atoms with van der Waals surface area (Å²) in [5.74, 6) is 0. The number of anilines is 1. The van der Waals surface area contributed by atoms with E-state index in [-0.39, 0.29) is 0 Å². The van der Waals surface area contributed by atoms with Gasteiger partial charge in [0.2, 0.25) is 0 Å². The van der Waals surface area contributed by atoms with E-state index in [1.807, 2.05) is 11.8 Å². The molecule has 2 atom stereocenters. The largest absolute Gasteiger partial charge is 0.370 e. The maximum Gasteiger partial charge on any atom is 0.0507 e. The first kappa shape index (κ1) is 10.8. The highest BCUT2D eigenvalue weighted by Crippen LogP contribution is 2.40. The maximum absolute atomic E-state index is 5.80. The van der Waals surface area contributed by atoms with Crippen molar-refractivity contribution in [1.29, 1.82) is 0 Å². The molecular formula is C12H18N2S. The highest BCUT2D eigenvalue weighted by Gasteiger charge is 2.28. The molecule has 0 saturated carbocycles. The second-order valence-corrected chi connectivity index (χ2v) is 5.50. The van der Waals surface area contributed by atoms with Crippen molar-refractivity contribution in [1.82, 2.24) is 0 Å². The molecule has 1 aromatic carbocycles. The first-order chi connectivity index (χ1) is 7.13. The zero-order chi connectivity index (χ0) is 11.0. The van der Waals surface area contributed by atoms with Crippen molar-refractivity contribution in [3.05, 3.63) is 23.8 Å². The predicted molar refractivity (Wildman–Crippen MR) is 67.7 cm³/mol. The summed E-state index contributed by atoms with van der Waals surface area (Å²) < 4.78 is 0. The Kier molecular flexibility index (Phi) is 2.94. The Morgan fingerprint density at radius 3 is 2.87 bits per heavy atom. The average molecular weight is 222 g/mol. The zero-order valence-corrected chi connectivity index (χ0v) is 10.3. The average Bonchev–Trinajstić information content (AvgIpc) is 2.24. The Hall–Kier alpha value is -0.670. The molecule has 3 heteroatoms. The first-order valence-electron chi connectivity index (χ1n) is 5.33. The van der Waals surface area contributed by atoms with Crippen LogP contribution < -0.4 is 10.6 Å². The lowest BCUT2D eigenvalue weighted by Crippen LogP contribution is -2.44. The van der Waals surface area contributed by atoms with Gasteiger partial charge in [0.1, 0.15) is 0 Å². The standard InChI is InChI=1S/C12H18N2S/c1-8-4-5-11-10(6-8)14(3)9(2)12(7-13)15-11/h4-6,9,12H,7,13H2,1-3H3. The van der Waals surface area contributed by atoms with Gasteiger partial charge in [-0.15, -0.1) is 11.8 Å². The summed E-state index contributed by atoms with van der Waals surface area (Å²) in [5, 5.41) is 0.505. The van der Waals surface area contributed by atoms with Crippen molar-refractivity contribution >= 4 is 17.4 Å². The number of fused-ring (bicyclic) bond motifs is 1. The Bertz CT molecular complexity index is 365. The summed E-state index contributed by atoms with van der Waals surface area (Å²) >= 11 is 1.91. The summed E-state index contributed by atoms with van der Waals surface area (Å²) in [4.78, 5) is 3.70. The topological polar surface area (TPSA) is 29.3 Å². The van der Waals surface area contributed by atoms with Crippen LogP contribution in [-0.2, 0) is 0 Å². The Labute approximate surface area is 95.8 Å². The molecule has 1 aromatic rings. The summed E-state index contributed by atoms with van der Waals surface area (Å²) in [6, 6.07) is 7.14. The molecule has 0 spiro atoms. The number of nitrogens with zero attached hydrogens (tertiary/aromatic N) is 1. The van der Waals surface area contributed by atoms with E-state index >= 15 is 0 Å². The smallest absolute Gasteiger partial charge is 0.0507 e. The van der Waals surface area contributed by atoms with Crippen LogP contribution in [0.4, 0.5) is 5.69 Å². The molecule has 0 fully saturated rings. The molecule has 0 aromatic heterocycles. The number of aryl methyl sites for hydroxylation is 1. The second kappa shape index (κ2) is 4.06. The molecule has 0 aliphatic carbocycles. The lowest BCUT2D eigenvalue weighted by atomic mass is 10.1. The molecule has 0 radical (unpaired) electrons. The van der Waals surface area contributed by atoms with E-state index < -0.39 is 0 Å². The third-order valence-corrected chi connectivity index (χ3v) is 4.64. The van der Waals surface area contributed by atoms with E-state index in [2.05, 4.69) is 44.0 Å². The van der Waals surface area contributed by atoms with Crippen LogP contribution in [0.3, 0.4) is 0 Å². The van der Waals surface area contributed by atoms with Gasteiger partial charge in [-0.3, -0.25) is 0 Å². The predicted octanol–water partition coefficient (Wildman–Crippen LogP) is 2.25. The summed E-state index contributed by atoms with van der Waals surface area (Å²) in [5.41, 5.74) is 8.46. The molecule has 1 aliphatic rings. The lowest BCUT2D eigenvalue weighted by molar-refractivity contribution is 0.636. The van der Waals surface area contributed by atoms with E-state index in [9.17, 15) is 0 Å². The van der Waals surface area contributed by atoms with Crippen LogP contribution in [0.15, 0.2) is 23.1 Å². The number of nitrogens with two attached hydrogens (primary N) is 1. The highest BCUT2D eigenvalue weighted by molar-refractivity contribution is 8.00. The fourth-order valence-corrected chi connectivity index (χ4v) is 3.25. The Balaban J connectivity index is 2.40. The lowest BCUT2D eigenvalue weighted by Gasteiger charge is -2.39. The van der Waals surface area contributed by atoms with Crippen LogP contribution in [0.2, 0.25) is 0 Å². The van der Waals surface area contributed by atoms with Crippen molar-refractivity contribution < 1.29 is 0 Å². The van der Waals surface area contributed by atoms with Gasteiger partial charge >= 0.3 is 0 Å². The van der Waals surface area contributed by atoms with Gasteiger partial charge in [-0.1, -0.05) is 6.07 Å². The number of thioether (sulfide) groups is 1. The number of hydrogen-bond donors (Lipinski definition) is 1. The fourth-order valence-electron chi connectivity index (χ4n) is 1.98. The molecular weight excluding hydrogens is 204 g/mol. The van der Waals surface area contributed by atoms with Gasteiger partial charge < -0.3 is 10.6 Å². The molecule has 0 amide bonds. The number of hydrogen-bond acceptors (Lipinski definition) is 3. The van der Waals surface area contributed by atoms with Gasteiger partial charge in [0.15, 0.2) is 0 Å². The fraction of sp³-hybridized carbons (Fsp3) is 0.500. The summed E-state index contributed by atoms with van der Waals surface area (Å²) in [6.45, 7) is 5.12. The molecule has 2 nitrogen and oxygen atoms in total. The van der Waals surface area contributed by atoms with E-state index in [1.165, 1.54) is 16.1 Å². The van der Waals surface area contributed by atoms with Crippen LogP contribution >= 0.6 is 11.8 Å². The quantitative estimate of drug-likeness (QED) is 0.790.